The standard InChI is InChI=1S/C24H39N4O4/c1-24(2,3)28(19-29)13-15-32-17-16-31-14-10-26-23(30)21-6-4-20(5-7-21)18-27-11-8-22(25)9-12-27/h4-7,22H,8-18,25H2,1-3H3,(H,26,30). The molecule has 1 fully saturated rings. The molecular weight excluding hydrogens is 408 g/mol. The monoisotopic (exact) mass is 447 g/mol. The lowest BCUT2D eigenvalue weighted by molar-refractivity contribution is 0.0385. The Bertz CT molecular complexity index is 682. The fourth-order valence-electron chi connectivity index (χ4n) is 3.47. The van der Waals surface area contributed by atoms with Crippen LogP contribution in [0, 0.1) is 0 Å². The van der Waals surface area contributed by atoms with Crippen LogP contribution >= 0.6 is 0 Å². The van der Waals surface area contributed by atoms with Gasteiger partial charge in [-0.15, -0.1) is 0 Å². The number of nitrogens with two attached hydrogens (primary N) is 1. The van der Waals surface area contributed by atoms with E-state index in [1.807, 2.05) is 51.4 Å². The first kappa shape index (κ1) is 26.3. The third-order valence-corrected chi connectivity index (χ3v) is 5.54. The Morgan fingerprint density at radius 2 is 1.75 bits per heavy atom. The molecule has 1 heterocycles. The minimum Gasteiger partial charge on any atom is -0.377 e. The molecule has 0 saturated carbocycles. The van der Waals surface area contributed by atoms with E-state index in [4.69, 9.17) is 15.2 Å². The Balaban J connectivity index is 1.53. The second kappa shape index (κ2) is 13.5. The fourth-order valence-corrected chi connectivity index (χ4v) is 3.47. The first-order chi connectivity index (χ1) is 15.3. The van der Waals surface area contributed by atoms with E-state index in [0.717, 1.165) is 32.5 Å². The molecule has 1 saturated heterocycles. The van der Waals surface area contributed by atoms with Crippen molar-refractivity contribution >= 4 is 12.3 Å². The average Bonchev–Trinajstić information content (AvgIpc) is 2.76. The summed E-state index contributed by atoms with van der Waals surface area (Å²) in [6.07, 6.45) is 4.02. The second-order valence-corrected chi connectivity index (χ2v) is 9.20. The summed E-state index contributed by atoms with van der Waals surface area (Å²) in [4.78, 5) is 27.2. The molecule has 0 unspecified atom stereocenters. The van der Waals surface area contributed by atoms with E-state index in [-0.39, 0.29) is 11.4 Å². The third kappa shape index (κ3) is 9.65. The third-order valence-electron chi connectivity index (χ3n) is 5.54. The summed E-state index contributed by atoms with van der Waals surface area (Å²) in [7, 11) is 0. The SMILES string of the molecule is CC(C)(C)N([C]=O)CCOCCOCCNC(=O)c1ccc(CN2CCC(N)CC2)cc1. The fraction of sp³-hybridized carbons (Fsp3) is 0.667. The van der Waals surface area contributed by atoms with Crippen molar-refractivity contribution in [3.63, 3.8) is 0 Å². The molecule has 2 amide bonds. The number of nitrogens with zero attached hydrogens (tertiary/aromatic N) is 2. The number of nitrogens with one attached hydrogen (secondary N) is 1. The van der Waals surface area contributed by atoms with Gasteiger partial charge in [0.25, 0.3) is 5.91 Å². The van der Waals surface area contributed by atoms with Crippen LogP contribution in [0.4, 0.5) is 0 Å². The minimum atomic E-state index is -0.262. The topological polar surface area (TPSA) is 97.1 Å². The van der Waals surface area contributed by atoms with Crippen LogP contribution in [0.3, 0.4) is 0 Å². The predicted molar refractivity (Wildman–Crippen MR) is 125 cm³/mol. The highest BCUT2D eigenvalue weighted by molar-refractivity contribution is 5.94. The Hall–Kier alpha value is -2.00. The number of rotatable bonds is 13. The quantitative estimate of drug-likeness (QED) is 0.352. The lowest BCUT2D eigenvalue weighted by Crippen LogP contribution is -2.42. The summed E-state index contributed by atoms with van der Waals surface area (Å²) in [5, 5.41) is 2.87. The van der Waals surface area contributed by atoms with Crippen molar-refractivity contribution in [2.24, 2.45) is 5.73 Å². The van der Waals surface area contributed by atoms with Crippen molar-refractivity contribution in [2.75, 3.05) is 52.6 Å². The predicted octanol–water partition coefficient (Wildman–Crippen LogP) is 1.54. The van der Waals surface area contributed by atoms with Crippen LogP contribution in [-0.2, 0) is 20.8 Å². The summed E-state index contributed by atoms with van der Waals surface area (Å²) >= 11 is 0. The Labute approximate surface area is 192 Å². The number of hydrogen-bond acceptors (Lipinski definition) is 6. The van der Waals surface area contributed by atoms with E-state index in [2.05, 4.69) is 10.2 Å². The molecule has 0 bridgehead atoms. The van der Waals surface area contributed by atoms with Gasteiger partial charge in [-0.05, 0) is 64.4 Å². The molecular formula is C24H39N4O4. The summed E-state index contributed by atoms with van der Waals surface area (Å²) < 4.78 is 11.0. The minimum absolute atomic E-state index is 0.104. The summed E-state index contributed by atoms with van der Waals surface area (Å²) in [5.41, 5.74) is 7.55. The maximum absolute atomic E-state index is 12.3. The van der Waals surface area contributed by atoms with E-state index < -0.39 is 0 Å². The van der Waals surface area contributed by atoms with Crippen LogP contribution in [0.2, 0.25) is 0 Å². The van der Waals surface area contributed by atoms with Gasteiger partial charge in [-0.25, -0.2) is 0 Å². The molecule has 1 radical (unpaired) electrons. The van der Waals surface area contributed by atoms with Crippen LogP contribution < -0.4 is 11.1 Å². The zero-order valence-corrected chi connectivity index (χ0v) is 19.8. The van der Waals surface area contributed by atoms with Crippen molar-refractivity contribution in [1.82, 2.24) is 15.1 Å². The van der Waals surface area contributed by atoms with Gasteiger partial charge < -0.3 is 25.4 Å². The number of hydrogen-bond donors (Lipinski definition) is 2. The molecule has 3 N–H and O–H groups in total. The van der Waals surface area contributed by atoms with E-state index in [1.165, 1.54) is 5.56 Å². The van der Waals surface area contributed by atoms with Crippen molar-refractivity contribution in [1.29, 1.82) is 0 Å². The lowest BCUT2D eigenvalue weighted by atomic mass is 10.0. The highest BCUT2D eigenvalue weighted by Crippen LogP contribution is 2.13. The highest BCUT2D eigenvalue weighted by Gasteiger charge is 2.19. The first-order valence-electron chi connectivity index (χ1n) is 11.5. The van der Waals surface area contributed by atoms with Crippen molar-refractivity contribution in [2.45, 2.75) is 51.7 Å². The van der Waals surface area contributed by atoms with E-state index in [0.29, 0.717) is 51.1 Å². The number of likely N-dealkylation sites (tertiary alicyclic amines) is 1. The number of benzene rings is 1. The zero-order valence-electron chi connectivity index (χ0n) is 19.8. The average molecular weight is 448 g/mol. The summed E-state index contributed by atoms with van der Waals surface area (Å²) in [6.45, 7) is 11.5. The van der Waals surface area contributed by atoms with Gasteiger partial charge >= 0.3 is 6.41 Å². The molecule has 0 atom stereocenters. The summed E-state index contributed by atoms with van der Waals surface area (Å²) in [5.74, 6) is -0.104. The van der Waals surface area contributed by atoms with E-state index in [9.17, 15) is 9.59 Å². The Kier molecular flexibility index (Phi) is 11.1. The lowest BCUT2D eigenvalue weighted by Gasteiger charge is -2.31. The van der Waals surface area contributed by atoms with Crippen LogP contribution in [0.15, 0.2) is 24.3 Å². The number of ether oxygens (including phenoxy) is 2. The molecule has 8 nitrogen and oxygen atoms in total. The molecule has 1 aliphatic rings. The number of carbonyl (C=O) groups is 1. The smallest absolute Gasteiger partial charge is 0.312 e. The van der Waals surface area contributed by atoms with Crippen molar-refractivity contribution in [3.05, 3.63) is 35.4 Å². The van der Waals surface area contributed by atoms with Crippen LogP contribution in [0.1, 0.15) is 49.5 Å². The van der Waals surface area contributed by atoms with Crippen LogP contribution in [-0.4, -0.2) is 86.3 Å². The molecule has 0 aliphatic carbocycles. The molecule has 1 aliphatic heterocycles. The molecule has 32 heavy (non-hydrogen) atoms. The molecule has 1 aromatic carbocycles. The van der Waals surface area contributed by atoms with Crippen molar-refractivity contribution < 1.29 is 19.1 Å². The van der Waals surface area contributed by atoms with Gasteiger partial charge in [0.2, 0.25) is 0 Å². The van der Waals surface area contributed by atoms with E-state index >= 15 is 0 Å². The first-order valence-corrected chi connectivity index (χ1v) is 11.5. The molecule has 8 heteroatoms. The maximum atomic E-state index is 12.3. The molecule has 2 rings (SSSR count). The van der Waals surface area contributed by atoms with Gasteiger partial charge in [0.05, 0.1) is 26.4 Å². The largest absolute Gasteiger partial charge is 0.377 e. The number of carbonyl (C=O) groups excluding carboxylic acids is 2. The maximum Gasteiger partial charge on any atom is 0.312 e. The summed E-state index contributed by atoms with van der Waals surface area (Å²) in [6, 6.07) is 8.10. The molecule has 1 aromatic rings. The zero-order chi connectivity index (χ0) is 23.4. The van der Waals surface area contributed by atoms with Gasteiger partial charge in [-0.1, -0.05) is 12.1 Å². The van der Waals surface area contributed by atoms with Crippen molar-refractivity contribution in [3.8, 4) is 0 Å². The van der Waals surface area contributed by atoms with Gasteiger partial charge in [0.1, 0.15) is 0 Å². The molecule has 0 aromatic heterocycles. The molecule has 0 spiro atoms. The van der Waals surface area contributed by atoms with Gasteiger partial charge in [0.15, 0.2) is 0 Å². The molecule has 179 valence electrons. The van der Waals surface area contributed by atoms with Gasteiger partial charge in [-0.2, -0.15) is 0 Å². The van der Waals surface area contributed by atoms with Crippen LogP contribution in [0.5, 0.6) is 0 Å². The second-order valence-electron chi connectivity index (χ2n) is 9.20. The van der Waals surface area contributed by atoms with E-state index in [1.54, 1.807) is 4.90 Å². The number of amides is 2. The highest BCUT2D eigenvalue weighted by atomic mass is 16.5. The normalized spacial score (nSPS) is 15.5. The Morgan fingerprint density at radius 1 is 1.12 bits per heavy atom. The van der Waals surface area contributed by atoms with Crippen LogP contribution in [0.25, 0.3) is 0 Å². The van der Waals surface area contributed by atoms with Gasteiger partial charge in [0, 0.05) is 36.8 Å². The Morgan fingerprint density at radius 3 is 2.34 bits per heavy atom. The number of piperidine rings is 1. The van der Waals surface area contributed by atoms with Gasteiger partial charge in [-0.3, -0.25) is 14.5 Å².